The molecule has 28 heavy (non-hydrogen) atoms. The summed E-state index contributed by atoms with van der Waals surface area (Å²) in [6.45, 7) is -0.103. The Labute approximate surface area is 157 Å². The van der Waals surface area contributed by atoms with Crippen LogP contribution in [-0.4, -0.2) is 16.1 Å². The van der Waals surface area contributed by atoms with Gasteiger partial charge in [0, 0.05) is 11.8 Å². The number of benzene rings is 1. The lowest BCUT2D eigenvalue weighted by Crippen LogP contribution is -2.19. The van der Waals surface area contributed by atoms with Crippen molar-refractivity contribution in [3.05, 3.63) is 78.0 Å². The Morgan fingerprint density at radius 1 is 1.07 bits per heavy atom. The molecule has 1 amide bonds. The van der Waals surface area contributed by atoms with Crippen molar-refractivity contribution >= 4 is 11.8 Å². The van der Waals surface area contributed by atoms with Crippen LogP contribution in [0.5, 0.6) is 0 Å². The van der Waals surface area contributed by atoms with Gasteiger partial charge in [0.25, 0.3) is 0 Å². The van der Waals surface area contributed by atoms with E-state index in [-0.39, 0.29) is 17.9 Å². The second-order valence-corrected chi connectivity index (χ2v) is 5.67. The summed E-state index contributed by atoms with van der Waals surface area (Å²) in [6.07, 6.45) is -3.80. The van der Waals surface area contributed by atoms with E-state index in [1.54, 1.807) is 30.3 Å². The number of pyridine rings is 2. The fourth-order valence-electron chi connectivity index (χ4n) is 2.36. The molecule has 0 aliphatic carbocycles. The number of halogens is 4. The fourth-order valence-corrected chi connectivity index (χ4v) is 2.36. The number of anilines is 1. The van der Waals surface area contributed by atoms with Crippen LogP contribution in [0.1, 0.15) is 11.3 Å². The van der Waals surface area contributed by atoms with Gasteiger partial charge in [-0.15, -0.1) is 0 Å². The first kappa shape index (κ1) is 19.3. The summed E-state index contributed by atoms with van der Waals surface area (Å²) in [7, 11) is 0. The minimum Gasteiger partial charge on any atom is -0.444 e. The van der Waals surface area contributed by atoms with Gasteiger partial charge >= 0.3 is 12.3 Å². The van der Waals surface area contributed by atoms with Crippen molar-refractivity contribution in [3.63, 3.8) is 0 Å². The number of ether oxygens (including phenoxy) is 1. The van der Waals surface area contributed by atoms with Crippen LogP contribution in [0.25, 0.3) is 11.3 Å². The molecule has 9 heteroatoms. The number of carbonyl (C=O) groups excluding carboxylic acids is 1. The standard InChI is InChI=1S/C19H13F4N3O2/c20-14-8-13(9-24-10-14)15-6-7-16(17(25-15)19(21,22)23)26-18(27)28-11-12-4-2-1-3-5-12/h1-10H,11H2,(H,26,27). The van der Waals surface area contributed by atoms with E-state index in [0.29, 0.717) is 5.56 Å². The van der Waals surface area contributed by atoms with Crippen LogP contribution in [0.4, 0.5) is 28.0 Å². The van der Waals surface area contributed by atoms with Gasteiger partial charge in [0.2, 0.25) is 0 Å². The monoisotopic (exact) mass is 391 g/mol. The van der Waals surface area contributed by atoms with Crippen molar-refractivity contribution in [3.8, 4) is 11.3 Å². The molecule has 3 rings (SSSR count). The van der Waals surface area contributed by atoms with Gasteiger partial charge in [-0.05, 0) is 23.8 Å². The maximum absolute atomic E-state index is 13.4. The molecule has 2 aromatic heterocycles. The first-order valence-corrected chi connectivity index (χ1v) is 8.00. The van der Waals surface area contributed by atoms with E-state index in [4.69, 9.17) is 4.74 Å². The Bertz CT molecular complexity index is 978. The Morgan fingerprint density at radius 3 is 2.50 bits per heavy atom. The van der Waals surface area contributed by atoms with Gasteiger partial charge in [-0.2, -0.15) is 13.2 Å². The van der Waals surface area contributed by atoms with Crippen LogP contribution in [0.2, 0.25) is 0 Å². The third kappa shape index (κ3) is 4.81. The summed E-state index contributed by atoms with van der Waals surface area (Å²) < 4.78 is 58.3. The van der Waals surface area contributed by atoms with E-state index in [1.165, 1.54) is 12.3 Å². The number of nitrogens with one attached hydrogen (secondary N) is 1. The molecule has 5 nitrogen and oxygen atoms in total. The Balaban J connectivity index is 1.81. The molecule has 144 valence electrons. The maximum Gasteiger partial charge on any atom is 0.435 e. The van der Waals surface area contributed by atoms with Crippen LogP contribution in [0, 0.1) is 5.82 Å². The molecular weight excluding hydrogens is 378 g/mol. The number of aromatic nitrogens is 2. The van der Waals surface area contributed by atoms with Gasteiger partial charge < -0.3 is 4.74 Å². The highest BCUT2D eigenvalue weighted by molar-refractivity contribution is 5.85. The van der Waals surface area contributed by atoms with Crippen LogP contribution >= 0.6 is 0 Å². The Hall–Kier alpha value is -3.49. The molecule has 2 heterocycles. The summed E-state index contributed by atoms with van der Waals surface area (Å²) in [5, 5.41) is 2.04. The van der Waals surface area contributed by atoms with Crippen molar-refractivity contribution in [1.82, 2.24) is 9.97 Å². The second kappa shape index (κ2) is 8.03. The Morgan fingerprint density at radius 2 is 1.82 bits per heavy atom. The molecule has 0 saturated heterocycles. The predicted octanol–water partition coefficient (Wildman–Crippen LogP) is 5.05. The largest absolute Gasteiger partial charge is 0.444 e. The first-order valence-electron chi connectivity index (χ1n) is 8.00. The lowest BCUT2D eigenvalue weighted by atomic mass is 10.1. The number of rotatable bonds is 4. The van der Waals surface area contributed by atoms with E-state index in [2.05, 4.69) is 9.97 Å². The number of amides is 1. The zero-order chi connectivity index (χ0) is 20.1. The predicted molar refractivity (Wildman–Crippen MR) is 92.7 cm³/mol. The second-order valence-electron chi connectivity index (χ2n) is 5.67. The summed E-state index contributed by atoms with van der Waals surface area (Å²) >= 11 is 0. The number of hydrogen-bond donors (Lipinski definition) is 1. The summed E-state index contributed by atoms with van der Waals surface area (Å²) in [6, 6.07) is 11.9. The quantitative estimate of drug-likeness (QED) is 0.632. The molecular formula is C19H13F4N3O2. The van der Waals surface area contributed by atoms with Gasteiger partial charge in [0.05, 0.1) is 17.6 Å². The molecule has 0 radical (unpaired) electrons. The molecule has 1 N–H and O–H groups in total. The van der Waals surface area contributed by atoms with E-state index in [1.807, 2.05) is 5.32 Å². The number of nitrogens with zero attached hydrogens (tertiary/aromatic N) is 2. The summed E-state index contributed by atoms with van der Waals surface area (Å²) in [5.41, 5.74) is -1.28. The molecule has 0 saturated carbocycles. The van der Waals surface area contributed by atoms with Gasteiger partial charge in [0.1, 0.15) is 12.4 Å². The minimum absolute atomic E-state index is 0.0729. The van der Waals surface area contributed by atoms with Crippen molar-refractivity contribution < 1.29 is 27.1 Å². The van der Waals surface area contributed by atoms with Gasteiger partial charge in [-0.3, -0.25) is 10.3 Å². The van der Waals surface area contributed by atoms with E-state index >= 15 is 0 Å². The molecule has 0 atom stereocenters. The third-order valence-electron chi connectivity index (χ3n) is 3.61. The van der Waals surface area contributed by atoms with Gasteiger partial charge in [0.15, 0.2) is 5.69 Å². The van der Waals surface area contributed by atoms with Gasteiger partial charge in [-0.1, -0.05) is 30.3 Å². The lowest BCUT2D eigenvalue weighted by molar-refractivity contribution is -0.140. The molecule has 0 aliphatic rings. The highest BCUT2D eigenvalue weighted by atomic mass is 19.4. The highest BCUT2D eigenvalue weighted by Gasteiger charge is 2.36. The van der Waals surface area contributed by atoms with Crippen molar-refractivity contribution in [2.45, 2.75) is 12.8 Å². The van der Waals surface area contributed by atoms with E-state index < -0.39 is 29.5 Å². The topological polar surface area (TPSA) is 64.1 Å². The van der Waals surface area contributed by atoms with E-state index in [0.717, 1.165) is 18.3 Å². The molecule has 0 spiro atoms. The average molecular weight is 391 g/mol. The number of hydrogen-bond acceptors (Lipinski definition) is 4. The smallest absolute Gasteiger partial charge is 0.435 e. The first-order chi connectivity index (χ1) is 13.3. The minimum atomic E-state index is -4.85. The SMILES string of the molecule is O=C(Nc1ccc(-c2cncc(F)c2)nc1C(F)(F)F)OCc1ccccc1. The molecule has 0 aliphatic heterocycles. The van der Waals surface area contributed by atoms with Gasteiger partial charge in [-0.25, -0.2) is 14.2 Å². The van der Waals surface area contributed by atoms with Crippen molar-refractivity contribution in [2.75, 3.05) is 5.32 Å². The highest BCUT2D eigenvalue weighted by Crippen LogP contribution is 2.35. The fraction of sp³-hybridized carbons (Fsp3) is 0.105. The zero-order valence-corrected chi connectivity index (χ0v) is 14.2. The normalized spacial score (nSPS) is 11.1. The van der Waals surface area contributed by atoms with Crippen LogP contribution < -0.4 is 5.32 Å². The third-order valence-corrected chi connectivity index (χ3v) is 3.61. The molecule has 0 bridgehead atoms. The zero-order valence-electron chi connectivity index (χ0n) is 14.2. The molecule has 3 aromatic rings. The van der Waals surface area contributed by atoms with Crippen LogP contribution in [-0.2, 0) is 17.5 Å². The number of alkyl halides is 3. The summed E-state index contributed by atoms with van der Waals surface area (Å²) in [5.74, 6) is -0.709. The van der Waals surface area contributed by atoms with Crippen molar-refractivity contribution in [1.29, 1.82) is 0 Å². The van der Waals surface area contributed by atoms with E-state index in [9.17, 15) is 22.4 Å². The van der Waals surface area contributed by atoms with Crippen LogP contribution in [0.3, 0.4) is 0 Å². The lowest BCUT2D eigenvalue weighted by Gasteiger charge is -2.14. The van der Waals surface area contributed by atoms with Crippen molar-refractivity contribution in [2.24, 2.45) is 0 Å². The maximum atomic E-state index is 13.4. The molecule has 0 fully saturated rings. The van der Waals surface area contributed by atoms with Crippen LogP contribution in [0.15, 0.2) is 60.9 Å². The molecule has 1 aromatic carbocycles. The number of carbonyl (C=O) groups is 1. The average Bonchev–Trinajstić information content (AvgIpc) is 2.67. The molecule has 0 unspecified atom stereocenters. The summed E-state index contributed by atoms with van der Waals surface area (Å²) in [4.78, 5) is 19.0. The Kier molecular flexibility index (Phi) is 5.53.